The molecule has 0 aliphatic heterocycles. The first-order valence-corrected chi connectivity index (χ1v) is 11.8. The van der Waals surface area contributed by atoms with E-state index in [9.17, 15) is 4.39 Å². The summed E-state index contributed by atoms with van der Waals surface area (Å²) < 4.78 is 13.9. The highest BCUT2D eigenvalue weighted by molar-refractivity contribution is 5.95. The van der Waals surface area contributed by atoms with Gasteiger partial charge in [-0.05, 0) is 66.6 Å². The number of aromatic nitrogens is 6. The smallest absolute Gasteiger partial charge is 0.178 e. The first-order valence-electron chi connectivity index (χ1n) is 11.8. The van der Waals surface area contributed by atoms with Crippen molar-refractivity contribution in [2.24, 2.45) is 0 Å². The number of hydrogen-bond donors (Lipinski definition) is 3. The van der Waals surface area contributed by atoms with Crippen LogP contribution in [0.1, 0.15) is 19.5 Å². The number of H-pyrrole nitrogens is 2. The summed E-state index contributed by atoms with van der Waals surface area (Å²) in [4.78, 5) is 17.3. The van der Waals surface area contributed by atoms with E-state index in [4.69, 9.17) is 4.98 Å². The van der Waals surface area contributed by atoms with Crippen molar-refractivity contribution in [2.75, 3.05) is 13.1 Å². The molecular weight excluding hydrogens is 453 g/mol. The van der Waals surface area contributed by atoms with Gasteiger partial charge in [-0.25, -0.2) is 19.3 Å². The van der Waals surface area contributed by atoms with Gasteiger partial charge in [0, 0.05) is 18.3 Å². The van der Waals surface area contributed by atoms with Crippen molar-refractivity contribution in [1.29, 1.82) is 0 Å². The monoisotopic (exact) mass is 479 g/mol. The molecule has 1 aromatic carbocycles. The standard InChI is InChI=1S/C28H26FN7/c1-4-17(16-30-6-3)14-18(5-2)22-10-11-23-25(32-22)26(36-35-23)28-33-24-21(12-13-31-27(24)34-28)19-8-7-9-20(29)15-19/h4-5,7-15,30H,1,6,16H2,2-3H3,(H,35,36)(H,31,33,34)/b17-14+,18-5+. The second kappa shape index (κ2) is 10.1. The zero-order valence-electron chi connectivity index (χ0n) is 20.1. The summed E-state index contributed by atoms with van der Waals surface area (Å²) in [5.74, 6) is 0.236. The molecule has 0 atom stereocenters. The number of aromatic amines is 2. The predicted molar refractivity (Wildman–Crippen MR) is 143 cm³/mol. The first-order chi connectivity index (χ1) is 17.6. The van der Waals surface area contributed by atoms with Crippen LogP contribution in [0.15, 0.2) is 79.0 Å². The van der Waals surface area contributed by atoms with E-state index < -0.39 is 0 Å². The number of imidazole rings is 1. The van der Waals surface area contributed by atoms with Crippen LogP contribution in [0.2, 0.25) is 0 Å². The topological polar surface area (TPSA) is 95.2 Å². The van der Waals surface area contributed by atoms with E-state index in [2.05, 4.69) is 50.0 Å². The highest BCUT2D eigenvalue weighted by Gasteiger charge is 2.17. The highest BCUT2D eigenvalue weighted by atomic mass is 19.1. The summed E-state index contributed by atoms with van der Waals surface area (Å²) in [6.07, 6.45) is 7.63. The molecule has 0 radical (unpaired) electrons. The van der Waals surface area contributed by atoms with Crippen molar-refractivity contribution >= 4 is 27.8 Å². The lowest BCUT2D eigenvalue weighted by atomic mass is 10.1. The van der Waals surface area contributed by atoms with Gasteiger partial charge >= 0.3 is 0 Å². The lowest BCUT2D eigenvalue weighted by Crippen LogP contribution is -2.15. The van der Waals surface area contributed by atoms with Crippen LogP contribution < -0.4 is 5.32 Å². The number of nitrogens with one attached hydrogen (secondary N) is 3. The van der Waals surface area contributed by atoms with Crippen molar-refractivity contribution < 1.29 is 4.39 Å². The lowest BCUT2D eigenvalue weighted by molar-refractivity contribution is 0.628. The largest absolute Gasteiger partial charge is 0.335 e. The zero-order chi connectivity index (χ0) is 25.1. The minimum atomic E-state index is -0.300. The van der Waals surface area contributed by atoms with Crippen LogP contribution in [0.3, 0.4) is 0 Å². The number of hydrogen-bond acceptors (Lipinski definition) is 5. The average Bonchev–Trinajstić information content (AvgIpc) is 3.52. The van der Waals surface area contributed by atoms with E-state index in [1.54, 1.807) is 12.3 Å². The van der Waals surface area contributed by atoms with E-state index in [0.717, 1.165) is 46.6 Å². The summed E-state index contributed by atoms with van der Waals surface area (Å²) in [7, 11) is 0. The fourth-order valence-electron chi connectivity index (χ4n) is 4.10. The van der Waals surface area contributed by atoms with Crippen molar-refractivity contribution in [1.82, 2.24) is 35.5 Å². The summed E-state index contributed by atoms with van der Waals surface area (Å²) >= 11 is 0. The number of nitrogens with zero attached hydrogens (tertiary/aromatic N) is 4. The Balaban J connectivity index is 1.58. The third kappa shape index (κ3) is 4.46. The maximum Gasteiger partial charge on any atom is 0.178 e. The molecule has 0 saturated carbocycles. The summed E-state index contributed by atoms with van der Waals surface area (Å²) in [5.41, 5.74) is 7.74. The SMILES string of the molecule is C=C/C(=C\C(=C/C)c1ccc2[nH]nc(-c3nc4nccc(-c5cccc(F)c5)c4[nH]3)c2n1)CNCC. The molecule has 0 bridgehead atoms. The Morgan fingerprint density at radius 3 is 2.83 bits per heavy atom. The molecule has 8 heteroatoms. The van der Waals surface area contributed by atoms with Gasteiger partial charge in [-0.2, -0.15) is 5.10 Å². The molecule has 0 fully saturated rings. The van der Waals surface area contributed by atoms with Crippen LogP contribution in [0, 0.1) is 5.82 Å². The molecule has 4 heterocycles. The van der Waals surface area contributed by atoms with Gasteiger partial charge < -0.3 is 10.3 Å². The molecule has 0 aliphatic carbocycles. The number of rotatable bonds is 8. The molecule has 0 aliphatic rings. The van der Waals surface area contributed by atoms with Gasteiger partial charge in [0.05, 0.1) is 16.7 Å². The van der Waals surface area contributed by atoms with Crippen LogP contribution in [-0.4, -0.2) is 43.2 Å². The predicted octanol–water partition coefficient (Wildman–Crippen LogP) is 5.83. The molecule has 0 saturated heterocycles. The number of benzene rings is 1. The molecule has 0 amide bonds. The maximum atomic E-state index is 13.9. The molecule has 7 nitrogen and oxygen atoms in total. The molecule has 4 aromatic heterocycles. The summed E-state index contributed by atoms with van der Waals surface area (Å²) in [6, 6.07) is 12.2. The van der Waals surface area contributed by atoms with Gasteiger partial charge in [0.2, 0.25) is 0 Å². The Kier molecular flexibility index (Phi) is 6.51. The normalized spacial score (nSPS) is 12.5. The summed E-state index contributed by atoms with van der Waals surface area (Å²) in [6.45, 7) is 9.61. The second-order valence-corrected chi connectivity index (χ2v) is 8.27. The van der Waals surface area contributed by atoms with Crippen molar-refractivity contribution in [2.45, 2.75) is 13.8 Å². The fraction of sp³-hybridized carbons (Fsp3) is 0.143. The quantitative estimate of drug-likeness (QED) is 0.244. The van der Waals surface area contributed by atoms with E-state index in [0.29, 0.717) is 28.2 Å². The number of allylic oxidation sites excluding steroid dienone is 3. The van der Waals surface area contributed by atoms with Crippen LogP contribution >= 0.6 is 0 Å². The van der Waals surface area contributed by atoms with Gasteiger partial charge in [-0.15, -0.1) is 0 Å². The number of halogens is 1. The van der Waals surface area contributed by atoms with E-state index in [1.165, 1.54) is 12.1 Å². The third-order valence-electron chi connectivity index (χ3n) is 5.95. The van der Waals surface area contributed by atoms with Gasteiger partial charge in [0.1, 0.15) is 11.3 Å². The van der Waals surface area contributed by atoms with Crippen molar-refractivity contribution in [3.05, 3.63) is 90.6 Å². The Morgan fingerprint density at radius 2 is 2.06 bits per heavy atom. The average molecular weight is 480 g/mol. The molecule has 5 aromatic rings. The number of pyridine rings is 2. The molecule has 0 spiro atoms. The van der Waals surface area contributed by atoms with Crippen molar-refractivity contribution in [3.63, 3.8) is 0 Å². The van der Waals surface area contributed by atoms with Crippen LogP contribution in [-0.2, 0) is 0 Å². The van der Waals surface area contributed by atoms with E-state index in [1.807, 2.05) is 43.3 Å². The van der Waals surface area contributed by atoms with Gasteiger partial charge in [-0.1, -0.05) is 37.8 Å². The van der Waals surface area contributed by atoms with Gasteiger partial charge in [0.15, 0.2) is 17.2 Å². The van der Waals surface area contributed by atoms with Crippen LogP contribution in [0.5, 0.6) is 0 Å². The Morgan fingerprint density at radius 1 is 1.17 bits per heavy atom. The Bertz CT molecular complexity index is 1620. The van der Waals surface area contributed by atoms with E-state index >= 15 is 0 Å². The summed E-state index contributed by atoms with van der Waals surface area (Å²) in [5, 5.41) is 10.9. The maximum absolute atomic E-state index is 13.9. The highest BCUT2D eigenvalue weighted by Crippen LogP contribution is 2.31. The lowest BCUT2D eigenvalue weighted by Gasteiger charge is -2.06. The fourth-order valence-corrected chi connectivity index (χ4v) is 4.10. The minimum Gasteiger partial charge on any atom is -0.335 e. The Labute approximate surface area is 207 Å². The Hall–Kier alpha value is -4.43. The zero-order valence-corrected chi connectivity index (χ0v) is 20.1. The van der Waals surface area contributed by atoms with Crippen LogP contribution in [0.25, 0.3) is 50.4 Å². The molecular formula is C28H26FN7. The third-order valence-corrected chi connectivity index (χ3v) is 5.95. The molecule has 36 heavy (non-hydrogen) atoms. The second-order valence-electron chi connectivity index (χ2n) is 8.27. The molecule has 5 rings (SSSR count). The molecule has 180 valence electrons. The van der Waals surface area contributed by atoms with Crippen molar-refractivity contribution in [3.8, 4) is 22.6 Å². The minimum absolute atomic E-state index is 0.300. The van der Waals surface area contributed by atoms with Crippen LogP contribution in [0.4, 0.5) is 4.39 Å². The number of fused-ring (bicyclic) bond motifs is 2. The number of likely N-dealkylation sites (N-methyl/N-ethyl adjacent to an activating group) is 1. The van der Waals surface area contributed by atoms with Gasteiger partial charge in [0.25, 0.3) is 0 Å². The molecule has 0 unspecified atom stereocenters. The molecule has 3 N–H and O–H groups in total. The van der Waals surface area contributed by atoms with Gasteiger partial charge in [-0.3, -0.25) is 5.10 Å². The van der Waals surface area contributed by atoms with E-state index in [-0.39, 0.29) is 5.82 Å². The first kappa shape index (κ1) is 23.3.